The number of nitrogens with one attached hydrogen (secondary N) is 1. The number of ether oxygens (including phenoxy) is 1. The minimum atomic E-state index is -0.0923. The first-order valence-electron chi connectivity index (χ1n) is 8.78. The number of hydrogen-bond donors (Lipinski definition) is 1. The summed E-state index contributed by atoms with van der Waals surface area (Å²) in [5.74, 6) is -0.0923. The highest BCUT2D eigenvalue weighted by Crippen LogP contribution is 2.12. The number of carbonyl (C=O) groups is 1. The third-order valence-electron chi connectivity index (χ3n) is 4.30. The van der Waals surface area contributed by atoms with Gasteiger partial charge in [0.2, 0.25) is 5.91 Å². The normalized spacial score (nSPS) is 15.3. The van der Waals surface area contributed by atoms with Gasteiger partial charge in [-0.15, -0.1) is 0 Å². The quantitative estimate of drug-likeness (QED) is 0.733. The van der Waals surface area contributed by atoms with Crippen LogP contribution in [0.1, 0.15) is 16.7 Å². The van der Waals surface area contributed by atoms with E-state index in [9.17, 15) is 4.79 Å². The van der Waals surface area contributed by atoms with Crippen LogP contribution in [-0.2, 0) is 22.6 Å². The molecule has 1 saturated heterocycles. The third kappa shape index (κ3) is 6.09. The Morgan fingerprint density at radius 3 is 2.38 bits per heavy atom. The van der Waals surface area contributed by atoms with Crippen molar-refractivity contribution >= 4 is 27.9 Å². The molecule has 3 rings (SSSR count). The molecule has 0 saturated carbocycles. The summed E-state index contributed by atoms with van der Waals surface area (Å²) in [5, 5.41) is 2.92. The summed E-state index contributed by atoms with van der Waals surface area (Å²) in [6, 6.07) is 16.3. The molecule has 2 aromatic carbocycles. The Morgan fingerprint density at radius 2 is 1.69 bits per heavy atom. The largest absolute Gasteiger partial charge is 0.379 e. The van der Waals surface area contributed by atoms with Crippen LogP contribution in [0.3, 0.4) is 0 Å². The minimum Gasteiger partial charge on any atom is -0.379 e. The standard InChI is InChI=1S/C21H23BrN2O2/c22-20-8-5-17(6-9-20)7-10-21(25)23-15-18-1-3-19(4-2-18)16-24-11-13-26-14-12-24/h1-10H,11-16H2,(H,23,25)/b10-7+. The van der Waals surface area contributed by atoms with Gasteiger partial charge in [0.15, 0.2) is 0 Å². The van der Waals surface area contributed by atoms with Crippen LogP contribution < -0.4 is 5.32 Å². The molecule has 2 aromatic rings. The van der Waals surface area contributed by atoms with Gasteiger partial charge in [-0.05, 0) is 34.9 Å². The molecule has 0 aromatic heterocycles. The predicted molar refractivity (Wildman–Crippen MR) is 108 cm³/mol. The summed E-state index contributed by atoms with van der Waals surface area (Å²) in [7, 11) is 0. The van der Waals surface area contributed by atoms with E-state index in [2.05, 4.69) is 50.4 Å². The van der Waals surface area contributed by atoms with Gasteiger partial charge in [-0.25, -0.2) is 0 Å². The third-order valence-corrected chi connectivity index (χ3v) is 4.83. The van der Waals surface area contributed by atoms with Crippen LogP contribution in [0.4, 0.5) is 0 Å². The SMILES string of the molecule is O=C(/C=C/c1ccc(Br)cc1)NCc1ccc(CN2CCOCC2)cc1. The Morgan fingerprint density at radius 1 is 1.04 bits per heavy atom. The van der Waals surface area contributed by atoms with Crippen LogP contribution in [0.2, 0.25) is 0 Å². The number of amides is 1. The second-order valence-electron chi connectivity index (χ2n) is 6.31. The van der Waals surface area contributed by atoms with E-state index in [4.69, 9.17) is 4.74 Å². The molecule has 26 heavy (non-hydrogen) atoms. The zero-order valence-corrected chi connectivity index (χ0v) is 16.2. The number of carbonyl (C=O) groups excluding carboxylic acids is 1. The molecule has 136 valence electrons. The lowest BCUT2D eigenvalue weighted by molar-refractivity contribution is -0.116. The van der Waals surface area contributed by atoms with Crippen LogP contribution in [0, 0.1) is 0 Å². The van der Waals surface area contributed by atoms with Crippen molar-refractivity contribution in [3.8, 4) is 0 Å². The molecule has 1 aliphatic heterocycles. The first kappa shape index (κ1) is 18.8. The van der Waals surface area contributed by atoms with Crippen molar-refractivity contribution in [3.05, 3.63) is 75.8 Å². The molecule has 0 aliphatic carbocycles. The van der Waals surface area contributed by atoms with Gasteiger partial charge >= 0.3 is 0 Å². The van der Waals surface area contributed by atoms with Crippen LogP contribution in [-0.4, -0.2) is 37.1 Å². The zero-order valence-electron chi connectivity index (χ0n) is 14.7. The molecule has 1 heterocycles. The smallest absolute Gasteiger partial charge is 0.244 e. The van der Waals surface area contributed by atoms with Gasteiger partial charge < -0.3 is 10.1 Å². The number of hydrogen-bond acceptors (Lipinski definition) is 3. The molecular formula is C21H23BrN2O2. The average molecular weight is 415 g/mol. The maximum absolute atomic E-state index is 12.0. The highest BCUT2D eigenvalue weighted by Gasteiger charge is 2.10. The van der Waals surface area contributed by atoms with Crippen molar-refractivity contribution in [1.82, 2.24) is 10.2 Å². The number of morpholine rings is 1. The number of rotatable bonds is 6. The molecule has 0 spiro atoms. The fourth-order valence-electron chi connectivity index (χ4n) is 2.77. The second kappa shape index (κ2) is 9.67. The highest BCUT2D eigenvalue weighted by molar-refractivity contribution is 9.10. The molecular weight excluding hydrogens is 392 g/mol. The highest BCUT2D eigenvalue weighted by atomic mass is 79.9. The fourth-order valence-corrected chi connectivity index (χ4v) is 3.04. The zero-order chi connectivity index (χ0) is 18.2. The van der Waals surface area contributed by atoms with Crippen molar-refractivity contribution in [2.75, 3.05) is 26.3 Å². The van der Waals surface area contributed by atoms with Gasteiger partial charge in [-0.1, -0.05) is 52.3 Å². The topological polar surface area (TPSA) is 41.6 Å². The van der Waals surface area contributed by atoms with Crippen LogP contribution >= 0.6 is 15.9 Å². The molecule has 1 fully saturated rings. The monoisotopic (exact) mass is 414 g/mol. The lowest BCUT2D eigenvalue weighted by Crippen LogP contribution is -2.35. The average Bonchev–Trinajstić information content (AvgIpc) is 2.68. The molecule has 0 radical (unpaired) electrons. The first-order chi connectivity index (χ1) is 12.7. The molecule has 0 atom stereocenters. The van der Waals surface area contributed by atoms with E-state index < -0.39 is 0 Å². The molecule has 1 aliphatic rings. The van der Waals surface area contributed by atoms with Crippen molar-refractivity contribution in [3.63, 3.8) is 0 Å². The van der Waals surface area contributed by atoms with Gasteiger partial charge in [-0.2, -0.15) is 0 Å². The molecule has 4 nitrogen and oxygen atoms in total. The maximum atomic E-state index is 12.0. The van der Waals surface area contributed by atoms with Crippen molar-refractivity contribution in [2.45, 2.75) is 13.1 Å². The van der Waals surface area contributed by atoms with Crippen LogP contribution in [0.25, 0.3) is 6.08 Å². The summed E-state index contributed by atoms with van der Waals surface area (Å²) >= 11 is 3.40. The predicted octanol–water partition coefficient (Wildman–Crippen LogP) is 3.61. The van der Waals surface area contributed by atoms with E-state index in [1.54, 1.807) is 6.08 Å². The van der Waals surface area contributed by atoms with E-state index in [-0.39, 0.29) is 5.91 Å². The van der Waals surface area contributed by atoms with Crippen molar-refractivity contribution in [1.29, 1.82) is 0 Å². The van der Waals surface area contributed by atoms with Crippen molar-refractivity contribution < 1.29 is 9.53 Å². The molecule has 0 bridgehead atoms. The number of nitrogens with zero attached hydrogens (tertiary/aromatic N) is 1. The lowest BCUT2D eigenvalue weighted by atomic mass is 10.1. The van der Waals surface area contributed by atoms with Crippen LogP contribution in [0.5, 0.6) is 0 Å². The molecule has 0 unspecified atom stereocenters. The lowest BCUT2D eigenvalue weighted by Gasteiger charge is -2.26. The Balaban J connectivity index is 1.45. The van der Waals surface area contributed by atoms with E-state index in [0.717, 1.165) is 48.4 Å². The van der Waals surface area contributed by atoms with Gasteiger partial charge in [0.05, 0.1) is 13.2 Å². The van der Waals surface area contributed by atoms with Gasteiger partial charge in [0.1, 0.15) is 0 Å². The second-order valence-corrected chi connectivity index (χ2v) is 7.22. The van der Waals surface area contributed by atoms with E-state index >= 15 is 0 Å². The Hall–Kier alpha value is -1.95. The van der Waals surface area contributed by atoms with Gasteiger partial charge in [0.25, 0.3) is 0 Å². The van der Waals surface area contributed by atoms with E-state index in [1.165, 1.54) is 5.56 Å². The summed E-state index contributed by atoms with van der Waals surface area (Å²) in [5.41, 5.74) is 3.38. The van der Waals surface area contributed by atoms with Crippen LogP contribution in [0.15, 0.2) is 59.1 Å². The molecule has 1 amide bonds. The number of halogens is 1. The van der Waals surface area contributed by atoms with Gasteiger partial charge in [0, 0.05) is 36.7 Å². The Labute approximate surface area is 163 Å². The maximum Gasteiger partial charge on any atom is 0.244 e. The summed E-state index contributed by atoms with van der Waals surface area (Å²) in [6.45, 7) is 5.09. The minimum absolute atomic E-state index is 0.0923. The first-order valence-corrected chi connectivity index (χ1v) is 9.58. The number of benzene rings is 2. The summed E-state index contributed by atoms with van der Waals surface area (Å²) in [4.78, 5) is 14.4. The summed E-state index contributed by atoms with van der Waals surface area (Å²) < 4.78 is 6.40. The van der Waals surface area contributed by atoms with Crippen molar-refractivity contribution in [2.24, 2.45) is 0 Å². The fraction of sp³-hybridized carbons (Fsp3) is 0.286. The Bertz CT molecular complexity index is 736. The Kier molecular flexibility index (Phi) is 7.00. The summed E-state index contributed by atoms with van der Waals surface area (Å²) in [6.07, 6.45) is 3.38. The molecule has 1 N–H and O–H groups in total. The van der Waals surface area contributed by atoms with Gasteiger partial charge in [-0.3, -0.25) is 9.69 Å². The van der Waals surface area contributed by atoms with E-state index in [1.807, 2.05) is 30.3 Å². The van der Waals surface area contributed by atoms with E-state index in [0.29, 0.717) is 6.54 Å². The molecule has 5 heteroatoms.